The molecule has 0 radical (unpaired) electrons. The smallest absolute Gasteiger partial charge is 0.275 e. The average Bonchev–Trinajstić information content (AvgIpc) is 2.63. The van der Waals surface area contributed by atoms with Crippen LogP contribution < -0.4 is 19.7 Å². The van der Waals surface area contributed by atoms with Crippen LogP contribution in [0.5, 0.6) is 11.5 Å². The Balaban J connectivity index is 1.96. The van der Waals surface area contributed by atoms with Crippen molar-refractivity contribution in [2.24, 2.45) is 0 Å². The normalized spacial score (nSPS) is 12.3. The molecule has 7 nitrogen and oxygen atoms in total. The van der Waals surface area contributed by atoms with Crippen LogP contribution in [0.15, 0.2) is 47.4 Å². The van der Waals surface area contributed by atoms with Gasteiger partial charge in [0.1, 0.15) is 11.5 Å². The Morgan fingerprint density at radius 3 is 2.33 bits per heavy atom. The molecular formula is C19H24N2O5S. The number of carbonyl (C=O) groups excluding carboxylic acids is 1. The number of nitrogens with one attached hydrogen (secondary N) is 2. The minimum Gasteiger partial charge on any atom is -0.494 e. The van der Waals surface area contributed by atoms with Crippen molar-refractivity contribution >= 4 is 15.9 Å². The molecular weight excluding hydrogens is 368 g/mol. The summed E-state index contributed by atoms with van der Waals surface area (Å²) in [5.41, 5.74) is 3.58. The lowest BCUT2D eigenvalue weighted by Gasteiger charge is -2.16. The molecule has 27 heavy (non-hydrogen) atoms. The molecule has 2 aromatic rings. The predicted octanol–water partition coefficient (Wildman–Crippen LogP) is 2.48. The molecule has 1 atom stereocenters. The Bertz CT molecular complexity index is 895. The molecule has 0 heterocycles. The third-order valence-corrected chi connectivity index (χ3v) is 5.15. The minimum atomic E-state index is -3.88. The topological polar surface area (TPSA) is 93.7 Å². The summed E-state index contributed by atoms with van der Waals surface area (Å²) in [6, 6.07) is 11.9. The Labute approximate surface area is 159 Å². The summed E-state index contributed by atoms with van der Waals surface area (Å²) >= 11 is 0. The summed E-state index contributed by atoms with van der Waals surface area (Å²) < 4.78 is 35.7. The van der Waals surface area contributed by atoms with Crippen LogP contribution in [0, 0.1) is 13.8 Å². The molecule has 1 amide bonds. The van der Waals surface area contributed by atoms with Gasteiger partial charge in [-0.2, -0.15) is 0 Å². The lowest BCUT2D eigenvalue weighted by molar-refractivity contribution is -0.127. The molecule has 0 aliphatic carbocycles. The van der Waals surface area contributed by atoms with E-state index in [1.54, 1.807) is 50.2 Å². The number of carbonyl (C=O) groups is 1. The summed E-state index contributed by atoms with van der Waals surface area (Å²) in [7, 11) is -3.88. The highest BCUT2D eigenvalue weighted by molar-refractivity contribution is 7.89. The van der Waals surface area contributed by atoms with Crippen LogP contribution in [0.3, 0.4) is 0 Å². The fourth-order valence-corrected chi connectivity index (χ4v) is 3.49. The van der Waals surface area contributed by atoms with Gasteiger partial charge in [0.05, 0.1) is 11.5 Å². The van der Waals surface area contributed by atoms with E-state index in [0.717, 1.165) is 5.56 Å². The van der Waals surface area contributed by atoms with E-state index in [0.29, 0.717) is 23.7 Å². The number of hydrazine groups is 1. The van der Waals surface area contributed by atoms with E-state index in [1.807, 2.05) is 13.0 Å². The summed E-state index contributed by atoms with van der Waals surface area (Å²) in [4.78, 5) is 14.4. The second-order valence-electron chi connectivity index (χ2n) is 6.03. The van der Waals surface area contributed by atoms with E-state index in [-0.39, 0.29) is 4.90 Å². The Morgan fingerprint density at radius 2 is 1.70 bits per heavy atom. The van der Waals surface area contributed by atoms with E-state index >= 15 is 0 Å². The SMILES string of the molecule is CCOc1ccc(O[C@@H](C)C(=O)NNS(=O)(=O)c2cc(C)ccc2C)cc1. The van der Waals surface area contributed by atoms with E-state index in [1.165, 1.54) is 6.92 Å². The highest BCUT2D eigenvalue weighted by atomic mass is 32.2. The first-order valence-corrected chi connectivity index (χ1v) is 9.99. The van der Waals surface area contributed by atoms with Gasteiger partial charge >= 0.3 is 0 Å². The molecule has 146 valence electrons. The zero-order valence-corrected chi connectivity index (χ0v) is 16.6. The van der Waals surface area contributed by atoms with Gasteiger partial charge in [0.15, 0.2) is 6.10 Å². The van der Waals surface area contributed by atoms with E-state index < -0.39 is 22.0 Å². The first-order valence-electron chi connectivity index (χ1n) is 8.51. The largest absolute Gasteiger partial charge is 0.494 e. The van der Waals surface area contributed by atoms with Gasteiger partial charge in [0, 0.05) is 0 Å². The lowest BCUT2D eigenvalue weighted by atomic mass is 10.2. The maximum absolute atomic E-state index is 12.4. The van der Waals surface area contributed by atoms with Gasteiger partial charge in [-0.3, -0.25) is 10.2 Å². The van der Waals surface area contributed by atoms with Crippen molar-refractivity contribution < 1.29 is 22.7 Å². The number of rotatable bonds is 8. The molecule has 2 aromatic carbocycles. The summed E-state index contributed by atoms with van der Waals surface area (Å²) in [5, 5.41) is 0. The van der Waals surface area contributed by atoms with Gasteiger partial charge < -0.3 is 9.47 Å². The molecule has 8 heteroatoms. The Morgan fingerprint density at radius 1 is 1.07 bits per heavy atom. The number of benzene rings is 2. The molecule has 0 unspecified atom stereocenters. The third-order valence-electron chi connectivity index (χ3n) is 3.76. The lowest BCUT2D eigenvalue weighted by Crippen LogP contribution is -2.47. The van der Waals surface area contributed by atoms with Crippen molar-refractivity contribution in [2.75, 3.05) is 6.61 Å². The van der Waals surface area contributed by atoms with Crippen molar-refractivity contribution in [3.63, 3.8) is 0 Å². The van der Waals surface area contributed by atoms with Crippen molar-refractivity contribution in [1.82, 2.24) is 10.3 Å². The summed E-state index contributed by atoms with van der Waals surface area (Å²) in [6.45, 7) is 7.45. The van der Waals surface area contributed by atoms with Crippen molar-refractivity contribution in [2.45, 2.75) is 38.7 Å². The van der Waals surface area contributed by atoms with Crippen LogP contribution in [0.1, 0.15) is 25.0 Å². The van der Waals surface area contributed by atoms with Gasteiger partial charge in [0.2, 0.25) is 0 Å². The molecule has 2 N–H and O–H groups in total. The van der Waals surface area contributed by atoms with Crippen molar-refractivity contribution in [3.05, 3.63) is 53.6 Å². The quantitative estimate of drug-likeness (QED) is 0.673. The van der Waals surface area contributed by atoms with E-state index in [4.69, 9.17) is 9.47 Å². The van der Waals surface area contributed by atoms with Gasteiger partial charge in [0.25, 0.3) is 15.9 Å². The molecule has 0 bridgehead atoms. The molecule has 0 saturated heterocycles. The molecule has 0 aliphatic heterocycles. The third kappa shape index (κ3) is 5.70. The van der Waals surface area contributed by atoms with Gasteiger partial charge in [-0.1, -0.05) is 12.1 Å². The number of amides is 1. The number of hydrogen-bond donors (Lipinski definition) is 2. The first-order chi connectivity index (χ1) is 12.7. The van der Waals surface area contributed by atoms with E-state index in [2.05, 4.69) is 10.3 Å². The maximum Gasteiger partial charge on any atom is 0.275 e. The highest BCUT2D eigenvalue weighted by Crippen LogP contribution is 2.19. The molecule has 0 aromatic heterocycles. The highest BCUT2D eigenvalue weighted by Gasteiger charge is 2.21. The zero-order valence-electron chi connectivity index (χ0n) is 15.8. The molecule has 0 fully saturated rings. The summed E-state index contributed by atoms with van der Waals surface area (Å²) in [6.07, 6.45) is -0.899. The van der Waals surface area contributed by atoms with Crippen LogP contribution >= 0.6 is 0 Å². The molecule has 0 spiro atoms. The zero-order chi connectivity index (χ0) is 20.0. The number of aryl methyl sites for hydroxylation is 2. The van der Waals surface area contributed by atoms with Crippen LogP contribution in [0.4, 0.5) is 0 Å². The number of ether oxygens (including phenoxy) is 2. The maximum atomic E-state index is 12.4. The van der Waals surface area contributed by atoms with Gasteiger partial charge in [-0.05, 0) is 69.2 Å². The van der Waals surface area contributed by atoms with Crippen LogP contribution in [0.2, 0.25) is 0 Å². The Hall–Kier alpha value is -2.58. The average molecular weight is 392 g/mol. The molecule has 2 rings (SSSR count). The van der Waals surface area contributed by atoms with Gasteiger partial charge in [-0.25, -0.2) is 8.42 Å². The minimum absolute atomic E-state index is 0.114. The fourth-order valence-electron chi connectivity index (χ4n) is 2.31. The predicted molar refractivity (Wildman–Crippen MR) is 102 cm³/mol. The van der Waals surface area contributed by atoms with Crippen LogP contribution in [0.25, 0.3) is 0 Å². The van der Waals surface area contributed by atoms with Crippen LogP contribution in [-0.4, -0.2) is 27.0 Å². The first kappa shape index (κ1) is 20.7. The summed E-state index contributed by atoms with van der Waals surface area (Å²) in [5.74, 6) is 0.555. The number of hydrogen-bond acceptors (Lipinski definition) is 5. The van der Waals surface area contributed by atoms with Crippen molar-refractivity contribution in [3.8, 4) is 11.5 Å². The number of sulfonamides is 1. The Kier molecular flexibility index (Phi) is 6.81. The standard InChI is InChI=1S/C19H24N2O5S/c1-5-25-16-8-10-17(11-9-16)26-15(4)19(22)20-21-27(23,24)18-12-13(2)6-7-14(18)3/h6-12,15,21H,5H2,1-4H3,(H,20,22)/t15-/m0/s1. The van der Waals surface area contributed by atoms with Gasteiger partial charge in [-0.15, -0.1) is 4.83 Å². The molecule has 0 saturated carbocycles. The van der Waals surface area contributed by atoms with Crippen LogP contribution in [-0.2, 0) is 14.8 Å². The monoisotopic (exact) mass is 392 g/mol. The molecule has 0 aliphatic rings. The fraction of sp³-hybridized carbons (Fsp3) is 0.316. The van der Waals surface area contributed by atoms with E-state index in [9.17, 15) is 13.2 Å². The second kappa shape index (κ2) is 8.88. The second-order valence-corrected chi connectivity index (χ2v) is 7.68. The van der Waals surface area contributed by atoms with Crippen molar-refractivity contribution in [1.29, 1.82) is 0 Å².